The van der Waals surface area contributed by atoms with E-state index in [9.17, 15) is 0 Å². The fourth-order valence-electron chi connectivity index (χ4n) is 1.80. The molecule has 0 aromatic rings. The van der Waals surface area contributed by atoms with E-state index in [1.54, 1.807) is 0 Å². The molecule has 0 fully saturated rings. The topological polar surface area (TPSA) is 0 Å². The summed E-state index contributed by atoms with van der Waals surface area (Å²) in [6.45, 7) is 9.20. The standard InChI is InChI=1S/C15H29Cl/c1-13(2)7-5-8-14(3)9-6-10-15(4)11-12-16/h6,10,13-15H,5,7-9,11-12H2,1-4H3/t14-,15+/m1/s1. The maximum atomic E-state index is 5.70. The Kier molecular flexibility index (Phi) is 10.2. The van der Waals surface area contributed by atoms with Crippen molar-refractivity contribution in [1.82, 2.24) is 0 Å². The highest BCUT2D eigenvalue weighted by atomic mass is 35.5. The Labute approximate surface area is 107 Å². The second kappa shape index (κ2) is 10.2. The van der Waals surface area contributed by atoms with Gasteiger partial charge in [-0.05, 0) is 30.6 Å². The van der Waals surface area contributed by atoms with E-state index in [2.05, 4.69) is 39.8 Å². The van der Waals surface area contributed by atoms with Gasteiger partial charge in [0.1, 0.15) is 0 Å². The van der Waals surface area contributed by atoms with Crippen LogP contribution in [0.15, 0.2) is 12.2 Å². The van der Waals surface area contributed by atoms with Crippen molar-refractivity contribution in [1.29, 1.82) is 0 Å². The van der Waals surface area contributed by atoms with Crippen molar-refractivity contribution in [3.63, 3.8) is 0 Å². The average molecular weight is 245 g/mol. The first-order chi connectivity index (χ1) is 7.56. The minimum Gasteiger partial charge on any atom is -0.127 e. The molecule has 0 aromatic heterocycles. The maximum Gasteiger partial charge on any atom is 0.0228 e. The summed E-state index contributed by atoms with van der Waals surface area (Å²) >= 11 is 5.70. The molecule has 0 aromatic carbocycles. The van der Waals surface area contributed by atoms with Crippen molar-refractivity contribution in [2.75, 3.05) is 5.88 Å². The van der Waals surface area contributed by atoms with Crippen LogP contribution in [0.4, 0.5) is 0 Å². The van der Waals surface area contributed by atoms with Crippen molar-refractivity contribution in [2.24, 2.45) is 17.8 Å². The van der Waals surface area contributed by atoms with Gasteiger partial charge in [-0.15, -0.1) is 11.6 Å². The molecule has 0 aliphatic rings. The third kappa shape index (κ3) is 10.5. The SMILES string of the molecule is CC(C)CCC[C@@H](C)CC=C[C@H](C)CCCl. The summed E-state index contributed by atoms with van der Waals surface area (Å²) in [5.41, 5.74) is 0. The lowest BCUT2D eigenvalue weighted by Gasteiger charge is -2.10. The second-order valence-electron chi connectivity index (χ2n) is 5.55. The van der Waals surface area contributed by atoms with E-state index < -0.39 is 0 Å². The van der Waals surface area contributed by atoms with E-state index in [4.69, 9.17) is 11.6 Å². The third-order valence-corrected chi connectivity index (χ3v) is 3.26. The summed E-state index contributed by atoms with van der Waals surface area (Å²) in [6, 6.07) is 0. The fraction of sp³-hybridized carbons (Fsp3) is 0.867. The fourth-order valence-corrected chi connectivity index (χ4v) is 2.15. The third-order valence-electron chi connectivity index (χ3n) is 3.05. The first-order valence-corrected chi connectivity index (χ1v) is 7.32. The Hall–Kier alpha value is 0.0300. The summed E-state index contributed by atoms with van der Waals surface area (Å²) in [5.74, 6) is 3.10. The number of hydrogen-bond acceptors (Lipinski definition) is 0. The molecule has 0 saturated heterocycles. The molecule has 0 radical (unpaired) electrons. The van der Waals surface area contributed by atoms with E-state index in [0.717, 1.165) is 24.1 Å². The highest BCUT2D eigenvalue weighted by molar-refractivity contribution is 6.17. The summed E-state index contributed by atoms with van der Waals surface area (Å²) in [5, 5.41) is 0. The maximum absolute atomic E-state index is 5.70. The molecule has 0 spiro atoms. The lowest BCUT2D eigenvalue weighted by molar-refractivity contribution is 0.460. The van der Waals surface area contributed by atoms with Gasteiger partial charge in [-0.2, -0.15) is 0 Å². The number of alkyl halides is 1. The van der Waals surface area contributed by atoms with Crippen LogP contribution in [0.3, 0.4) is 0 Å². The zero-order chi connectivity index (χ0) is 12.4. The Bertz CT molecular complexity index is 172. The highest BCUT2D eigenvalue weighted by Gasteiger charge is 2.01. The molecule has 0 unspecified atom stereocenters. The van der Waals surface area contributed by atoms with Crippen LogP contribution in [0.25, 0.3) is 0 Å². The van der Waals surface area contributed by atoms with E-state index in [-0.39, 0.29) is 0 Å². The molecule has 0 bridgehead atoms. The monoisotopic (exact) mass is 244 g/mol. The molecule has 96 valence electrons. The van der Waals surface area contributed by atoms with Crippen LogP contribution in [0.5, 0.6) is 0 Å². The van der Waals surface area contributed by atoms with Crippen LogP contribution in [-0.4, -0.2) is 5.88 Å². The Morgan fingerprint density at radius 2 is 1.69 bits per heavy atom. The van der Waals surface area contributed by atoms with E-state index in [1.165, 1.54) is 25.7 Å². The zero-order valence-corrected chi connectivity index (χ0v) is 12.3. The van der Waals surface area contributed by atoms with Crippen LogP contribution < -0.4 is 0 Å². The van der Waals surface area contributed by atoms with Gasteiger partial charge >= 0.3 is 0 Å². The van der Waals surface area contributed by atoms with Crippen molar-refractivity contribution in [2.45, 2.75) is 59.8 Å². The number of rotatable bonds is 9. The normalized spacial score (nSPS) is 15.9. The molecular formula is C15H29Cl. The van der Waals surface area contributed by atoms with Gasteiger partial charge in [-0.3, -0.25) is 0 Å². The molecule has 16 heavy (non-hydrogen) atoms. The first kappa shape index (κ1) is 16.0. The quantitative estimate of drug-likeness (QED) is 0.363. The first-order valence-electron chi connectivity index (χ1n) is 6.78. The lowest BCUT2D eigenvalue weighted by atomic mass is 9.96. The molecule has 0 amide bonds. The Balaban J connectivity index is 3.52. The summed E-state index contributed by atoms with van der Waals surface area (Å²) in [7, 11) is 0. The van der Waals surface area contributed by atoms with Crippen LogP contribution in [0.2, 0.25) is 0 Å². The molecule has 0 rings (SSSR count). The van der Waals surface area contributed by atoms with Crippen LogP contribution in [0.1, 0.15) is 59.8 Å². The predicted molar refractivity (Wildman–Crippen MR) is 76.1 cm³/mol. The van der Waals surface area contributed by atoms with Crippen molar-refractivity contribution >= 4 is 11.6 Å². The number of hydrogen-bond donors (Lipinski definition) is 0. The number of allylic oxidation sites excluding steroid dienone is 2. The molecule has 2 atom stereocenters. The molecule has 0 aliphatic carbocycles. The van der Waals surface area contributed by atoms with Gasteiger partial charge in [0.15, 0.2) is 0 Å². The molecule has 0 N–H and O–H groups in total. The minimum absolute atomic E-state index is 0.639. The van der Waals surface area contributed by atoms with Gasteiger partial charge in [-0.1, -0.05) is 59.1 Å². The summed E-state index contributed by atoms with van der Waals surface area (Å²) < 4.78 is 0. The molecular weight excluding hydrogens is 216 g/mol. The van der Waals surface area contributed by atoms with E-state index in [1.807, 2.05) is 0 Å². The van der Waals surface area contributed by atoms with Crippen LogP contribution >= 0.6 is 11.6 Å². The van der Waals surface area contributed by atoms with Gasteiger partial charge < -0.3 is 0 Å². The van der Waals surface area contributed by atoms with Gasteiger partial charge in [0, 0.05) is 5.88 Å². The van der Waals surface area contributed by atoms with Crippen molar-refractivity contribution in [3.8, 4) is 0 Å². The molecule has 0 nitrogen and oxygen atoms in total. The van der Waals surface area contributed by atoms with Gasteiger partial charge in [0.25, 0.3) is 0 Å². The second-order valence-corrected chi connectivity index (χ2v) is 5.93. The molecule has 0 heterocycles. The van der Waals surface area contributed by atoms with Crippen LogP contribution in [0, 0.1) is 17.8 Å². The van der Waals surface area contributed by atoms with Crippen molar-refractivity contribution < 1.29 is 0 Å². The smallest absolute Gasteiger partial charge is 0.0228 e. The largest absolute Gasteiger partial charge is 0.127 e. The average Bonchev–Trinajstić information content (AvgIpc) is 2.17. The highest BCUT2D eigenvalue weighted by Crippen LogP contribution is 2.16. The van der Waals surface area contributed by atoms with Gasteiger partial charge in [0.05, 0.1) is 0 Å². The van der Waals surface area contributed by atoms with E-state index >= 15 is 0 Å². The van der Waals surface area contributed by atoms with Crippen LogP contribution in [-0.2, 0) is 0 Å². The zero-order valence-electron chi connectivity index (χ0n) is 11.5. The molecule has 1 heteroatoms. The summed E-state index contributed by atoms with van der Waals surface area (Å²) in [4.78, 5) is 0. The summed E-state index contributed by atoms with van der Waals surface area (Å²) in [6.07, 6.45) is 11.1. The predicted octanol–water partition coefficient (Wildman–Crippen LogP) is 5.66. The minimum atomic E-state index is 0.639. The van der Waals surface area contributed by atoms with Crippen molar-refractivity contribution in [3.05, 3.63) is 12.2 Å². The van der Waals surface area contributed by atoms with Gasteiger partial charge in [-0.25, -0.2) is 0 Å². The Morgan fingerprint density at radius 1 is 1.00 bits per heavy atom. The Morgan fingerprint density at radius 3 is 2.25 bits per heavy atom. The van der Waals surface area contributed by atoms with Gasteiger partial charge in [0.2, 0.25) is 0 Å². The lowest BCUT2D eigenvalue weighted by Crippen LogP contribution is -1.96. The molecule has 0 saturated carbocycles. The molecule has 0 aliphatic heterocycles. The number of halogens is 1. The van der Waals surface area contributed by atoms with E-state index in [0.29, 0.717) is 5.92 Å².